The van der Waals surface area contributed by atoms with Gasteiger partial charge < -0.3 is 10.2 Å². The van der Waals surface area contributed by atoms with Crippen LogP contribution in [-0.4, -0.2) is 37.6 Å². The Balaban J connectivity index is 2.16. The number of nitrogens with zero attached hydrogens (tertiary/aromatic N) is 2. The molecule has 1 atom stereocenters. The molecule has 3 heteroatoms. The summed E-state index contributed by atoms with van der Waals surface area (Å²) in [5.41, 5.74) is 0.243. The molecule has 0 aromatic rings. The van der Waals surface area contributed by atoms with Gasteiger partial charge in [0.1, 0.15) is 0 Å². The lowest BCUT2D eigenvalue weighted by Gasteiger charge is -2.26. The van der Waals surface area contributed by atoms with Crippen molar-refractivity contribution in [2.45, 2.75) is 45.6 Å². The lowest BCUT2D eigenvalue weighted by atomic mass is 9.88. The van der Waals surface area contributed by atoms with Crippen molar-refractivity contribution in [1.29, 1.82) is 5.26 Å². The van der Waals surface area contributed by atoms with Gasteiger partial charge in [0.15, 0.2) is 0 Å². The van der Waals surface area contributed by atoms with Gasteiger partial charge in [-0.25, -0.2) is 0 Å². The molecule has 1 saturated heterocycles. The Labute approximate surface area is 99.8 Å². The van der Waals surface area contributed by atoms with Gasteiger partial charge in [-0.05, 0) is 38.3 Å². The molecule has 0 radical (unpaired) electrons. The molecule has 1 rings (SSSR count). The molecule has 0 aromatic heterocycles. The Bertz CT molecular complexity index is 242. The quantitative estimate of drug-likeness (QED) is 0.748. The van der Waals surface area contributed by atoms with Crippen LogP contribution >= 0.6 is 0 Å². The fraction of sp³-hybridized carbons (Fsp3) is 0.923. The van der Waals surface area contributed by atoms with E-state index in [2.05, 4.69) is 37.2 Å². The molecule has 92 valence electrons. The van der Waals surface area contributed by atoms with Crippen LogP contribution < -0.4 is 5.32 Å². The number of rotatable bonds is 6. The molecule has 1 fully saturated rings. The lowest BCUT2D eigenvalue weighted by Crippen LogP contribution is -2.39. The van der Waals surface area contributed by atoms with E-state index in [-0.39, 0.29) is 5.41 Å². The van der Waals surface area contributed by atoms with E-state index >= 15 is 0 Å². The van der Waals surface area contributed by atoms with E-state index in [1.165, 1.54) is 19.4 Å². The van der Waals surface area contributed by atoms with E-state index in [1.54, 1.807) is 0 Å². The van der Waals surface area contributed by atoms with Crippen LogP contribution in [0.5, 0.6) is 0 Å². The van der Waals surface area contributed by atoms with Crippen molar-refractivity contribution in [2.24, 2.45) is 5.41 Å². The van der Waals surface area contributed by atoms with Crippen molar-refractivity contribution in [2.75, 3.05) is 26.7 Å². The van der Waals surface area contributed by atoms with Crippen molar-refractivity contribution < 1.29 is 0 Å². The van der Waals surface area contributed by atoms with Crippen molar-refractivity contribution in [1.82, 2.24) is 10.2 Å². The molecule has 1 aliphatic rings. The third kappa shape index (κ3) is 4.51. The number of likely N-dealkylation sites (N-methyl/N-ethyl adjacent to an activating group) is 1. The third-order valence-corrected chi connectivity index (χ3v) is 3.57. The second-order valence-corrected chi connectivity index (χ2v) is 5.73. The standard InChI is InChI=1S/C13H25N3/c1-13(2,7-5-8-14)11-15-10-12-6-4-9-16(12)3/h12,15H,4-7,9-11H2,1-3H3. The first-order valence-electron chi connectivity index (χ1n) is 6.33. The number of nitriles is 1. The second-order valence-electron chi connectivity index (χ2n) is 5.73. The predicted molar refractivity (Wildman–Crippen MR) is 67.1 cm³/mol. The molecule has 0 aromatic carbocycles. The first-order valence-corrected chi connectivity index (χ1v) is 6.33. The van der Waals surface area contributed by atoms with Crippen molar-refractivity contribution in [3.63, 3.8) is 0 Å². The van der Waals surface area contributed by atoms with Crippen LogP contribution in [0.1, 0.15) is 39.5 Å². The molecule has 0 amide bonds. The SMILES string of the molecule is CN1CCCC1CNCC(C)(C)CCC#N. The zero-order chi connectivity index (χ0) is 12.0. The van der Waals surface area contributed by atoms with Gasteiger partial charge >= 0.3 is 0 Å². The van der Waals surface area contributed by atoms with Crippen LogP contribution in [0.25, 0.3) is 0 Å². The first-order chi connectivity index (χ1) is 7.55. The highest BCUT2D eigenvalue weighted by Gasteiger charge is 2.22. The van der Waals surface area contributed by atoms with Crippen LogP contribution in [-0.2, 0) is 0 Å². The summed E-state index contributed by atoms with van der Waals surface area (Å²) in [6, 6.07) is 2.94. The summed E-state index contributed by atoms with van der Waals surface area (Å²) in [6.07, 6.45) is 4.30. The van der Waals surface area contributed by atoms with Gasteiger partial charge in [0.25, 0.3) is 0 Å². The molecular weight excluding hydrogens is 198 g/mol. The highest BCUT2D eigenvalue weighted by molar-refractivity contribution is 4.82. The molecule has 16 heavy (non-hydrogen) atoms. The van der Waals surface area contributed by atoms with E-state index in [4.69, 9.17) is 5.26 Å². The lowest BCUT2D eigenvalue weighted by molar-refractivity contribution is 0.269. The van der Waals surface area contributed by atoms with Gasteiger partial charge in [-0.2, -0.15) is 5.26 Å². The minimum absolute atomic E-state index is 0.243. The minimum Gasteiger partial charge on any atom is -0.315 e. The molecule has 0 bridgehead atoms. The summed E-state index contributed by atoms with van der Waals surface area (Å²) in [7, 11) is 2.21. The highest BCUT2D eigenvalue weighted by atomic mass is 15.2. The molecule has 1 heterocycles. The number of hydrogen-bond acceptors (Lipinski definition) is 3. The van der Waals surface area contributed by atoms with Crippen LogP contribution in [0, 0.1) is 16.7 Å². The molecule has 0 saturated carbocycles. The summed E-state index contributed by atoms with van der Waals surface area (Å²) < 4.78 is 0. The third-order valence-electron chi connectivity index (χ3n) is 3.57. The fourth-order valence-corrected chi connectivity index (χ4v) is 2.30. The van der Waals surface area contributed by atoms with Gasteiger partial charge in [-0.15, -0.1) is 0 Å². The average Bonchev–Trinajstić information content (AvgIpc) is 2.62. The topological polar surface area (TPSA) is 39.1 Å². The summed E-state index contributed by atoms with van der Waals surface area (Å²) >= 11 is 0. The summed E-state index contributed by atoms with van der Waals surface area (Å²) in [5, 5.41) is 12.1. The largest absolute Gasteiger partial charge is 0.315 e. The Morgan fingerprint density at radius 1 is 1.50 bits per heavy atom. The second kappa shape index (κ2) is 6.22. The van der Waals surface area contributed by atoms with E-state index in [1.807, 2.05) is 0 Å². The minimum atomic E-state index is 0.243. The molecule has 1 N–H and O–H groups in total. The van der Waals surface area contributed by atoms with Crippen LogP contribution in [0.2, 0.25) is 0 Å². The highest BCUT2D eigenvalue weighted by Crippen LogP contribution is 2.21. The first kappa shape index (κ1) is 13.5. The maximum Gasteiger partial charge on any atom is 0.0621 e. The normalized spacial score (nSPS) is 22.2. The molecular formula is C13H25N3. The molecule has 1 aliphatic heterocycles. The monoisotopic (exact) mass is 223 g/mol. The van der Waals surface area contributed by atoms with Gasteiger partial charge in [-0.3, -0.25) is 0 Å². The Kier molecular flexibility index (Phi) is 5.24. The molecule has 3 nitrogen and oxygen atoms in total. The van der Waals surface area contributed by atoms with Crippen LogP contribution in [0.3, 0.4) is 0 Å². The Morgan fingerprint density at radius 3 is 2.81 bits per heavy atom. The predicted octanol–water partition coefficient (Wildman–Crippen LogP) is 2.00. The Hall–Kier alpha value is -0.590. The van der Waals surface area contributed by atoms with Gasteiger partial charge in [0.05, 0.1) is 6.07 Å². The van der Waals surface area contributed by atoms with Crippen molar-refractivity contribution in [3.8, 4) is 6.07 Å². The van der Waals surface area contributed by atoms with Crippen LogP contribution in [0.4, 0.5) is 0 Å². The van der Waals surface area contributed by atoms with Crippen molar-refractivity contribution in [3.05, 3.63) is 0 Å². The summed E-state index contributed by atoms with van der Waals surface area (Å²) in [5.74, 6) is 0. The summed E-state index contributed by atoms with van der Waals surface area (Å²) in [4.78, 5) is 2.44. The molecule has 1 unspecified atom stereocenters. The molecule has 0 spiro atoms. The smallest absolute Gasteiger partial charge is 0.0621 e. The van der Waals surface area contributed by atoms with Gasteiger partial charge in [-0.1, -0.05) is 13.8 Å². The number of nitrogens with one attached hydrogen (secondary N) is 1. The van der Waals surface area contributed by atoms with Crippen molar-refractivity contribution >= 4 is 0 Å². The van der Waals surface area contributed by atoms with E-state index < -0.39 is 0 Å². The zero-order valence-corrected chi connectivity index (χ0v) is 10.9. The summed E-state index contributed by atoms with van der Waals surface area (Å²) in [6.45, 7) is 7.81. The van der Waals surface area contributed by atoms with E-state index in [0.29, 0.717) is 12.5 Å². The van der Waals surface area contributed by atoms with E-state index in [9.17, 15) is 0 Å². The zero-order valence-electron chi connectivity index (χ0n) is 10.9. The maximum absolute atomic E-state index is 8.59. The van der Waals surface area contributed by atoms with E-state index in [0.717, 1.165) is 19.5 Å². The fourth-order valence-electron chi connectivity index (χ4n) is 2.30. The average molecular weight is 223 g/mol. The van der Waals surface area contributed by atoms with Crippen LogP contribution in [0.15, 0.2) is 0 Å². The van der Waals surface area contributed by atoms with Gasteiger partial charge in [0, 0.05) is 25.6 Å². The maximum atomic E-state index is 8.59. The Morgan fingerprint density at radius 2 is 2.25 bits per heavy atom. The number of likely N-dealkylation sites (tertiary alicyclic amines) is 1. The van der Waals surface area contributed by atoms with Gasteiger partial charge in [0.2, 0.25) is 0 Å². The number of hydrogen-bond donors (Lipinski definition) is 1. The molecule has 0 aliphatic carbocycles.